The smallest absolute Gasteiger partial charge is 0.323 e. The van der Waals surface area contributed by atoms with Crippen molar-refractivity contribution in [2.45, 2.75) is 0 Å². The van der Waals surface area contributed by atoms with Crippen LogP contribution in [-0.4, -0.2) is 91.5 Å². The van der Waals surface area contributed by atoms with Gasteiger partial charge in [-0.1, -0.05) is 0 Å². The monoisotopic (exact) mass is 704 g/mol. The minimum Gasteiger partial charge on any atom is -0.487 e. The molecule has 49 heavy (non-hydrogen) atoms. The first-order valence-electron chi connectivity index (χ1n) is 14.6. The fraction of sp³-hybridized carbons (Fsp3) is 0.333. The molecule has 264 valence electrons. The largest absolute Gasteiger partial charge is 0.487 e. The van der Waals surface area contributed by atoms with Crippen LogP contribution in [0.2, 0.25) is 0 Å². The van der Waals surface area contributed by atoms with Gasteiger partial charge in [0.05, 0.1) is 60.9 Å². The van der Waals surface area contributed by atoms with Gasteiger partial charge in [0.15, 0.2) is 11.5 Å². The molecule has 0 atom stereocenters. The predicted molar refractivity (Wildman–Crippen MR) is 181 cm³/mol. The van der Waals surface area contributed by atoms with Crippen LogP contribution < -0.4 is 30.7 Å². The van der Waals surface area contributed by atoms with Gasteiger partial charge in [-0.25, -0.2) is 9.59 Å². The normalized spacial score (nSPS) is 13.7. The van der Waals surface area contributed by atoms with E-state index in [-0.39, 0.29) is 72.1 Å². The van der Waals surface area contributed by atoms with Gasteiger partial charge >= 0.3 is 12.1 Å². The van der Waals surface area contributed by atoms with Crippen molar-refractivity contribution in [1.29, 1.82) is 0 Å². The minimum absolute atomic E-state index is 0.110. The number of rotatable bonds is 6. The summed E-state index contributed by atoms with van der Waals surface area (Å²) in [6, 6.07) is 11.9. The Morgan fingerprint density at radius 1 is 0.592 bits per heavy atom. The molecule has 0 fully saturated rings. The summed E-state index contributed by atoms with van der Waals surface area (Å²) in [5.74, 6) is 0.466. The molecule has 1 aliphatic rings. The SMILES string of the molecule is CS(C)=O.O=C(Nc1ccc([N+](=O)[O-])cc1)Nc1cc2c(cc1NC(=O)Nc1ccc([N+](=O)[O-])cc1)OCCOCCOCCOCCO2. The topological polar surface area (TPSA) is 232 Å². The van der Waals surface area contributed by atoms with E-state index in [0.29, 0.717) is 26.4 Å². The third-order valence-corrected chi connectivity index (χ3v) is 5.97. The van der Waals surface area contributed by atoms with Gasteiger partial charge in [-0.3, -0.25) is 24.4 Å². The number of carbonyl (C=O) groups excluding carboxylic acids is 2. The van der Waals surface area contributed by atoms with Crippen LogP contribution in [0, 0.1) is 20.2 Å². The van der Waals surface area contributed by atoms with Crippen molar-refractivity contribution >= 4 is 57.0 Å². The average molecular weight is 705 g/mol. The number of amides is 4. The third kappa shape index (κ3) is 14.1. The highest BCUT2D eigenvalue weighted by Gasteiger charge is 2.18. The Morgan fingerprint density at radius 3 is 1.20 bits per heavy atom. The molecule has 1 heterocycles. The third-order valence-electron chi connectivity index (χ3n) is 5.97. The lowest BCUT2D eigenvalue weighted by Gasteiger charge is -2.19. The zero-order valence-corrected chi connectivity index (χ0v) is 27.4. The number of hydrogen-bond acceptors (Lipinski definition) is 12. The molecule has 1 aliphatic heterocycles. The van der Waals surface area contributed by atoms with Crippen LogP contribution in [0.3, 0.4) is 0 Å². The van der Waals surface area contributed by atoms with Gasteiger partial charge in [0.25, 0.3) is 11.4 Å². The fourth-order valence-electron chi connectivity index (χ4n) is 3.86. The number of nitrogens with one attached hydrogen (secondary N) is 4. The summed E-state index contributed by atoms with van der Waals surface area (Å²) >= 11 is 0. The molecular weight excluding hydrogens is 668 g/mol. The maximum absolute atomic E-state index is 12.9. The molecule has 0 saturated carbocycles. The molecule has 3 aromatic rings. The zero-order valence-electron chi connectivity index (χ0n) is 26.6. The molecule has 4 N–H and O–H groups in total. The number of carbonyl (C=O) groups is 2. The molecule has 0 radical (unpaired) electrons. The Hall–Kier alpha value is -5.37. The van der Waals surface area contributed by atoms with Crippen molar-refractivity contribution in [3.63, 3.8) is 0 Å². The van der Waals surface area contributed by atoms with Crippen LogP contribution in [0.25, 0.3) is 0 Å². The van der Waals surface area contributed by atoms with Gasteiger partial charge < -0.3 is 45.0 Å². The van der Waals surface area contributed by atoms with Gasteiger partial charge in [0, 0.05) is 71.1 Å². The lowest BCUT2D eigenvalue weighted by molar-refractivity contribution is -0.385. The molecular formula is C30H36N6O12S. The molecule has 4 rings (SSSR count). The Labute approximate surface area is 283 Å². The summed E-state index contributed by atoms with van der Waals surface area (Å²) in [6.45, 7) is 2.24. The van der Waals surface area contributed by atoms with Crippen molar-refractivity contribution < 1.29 is 47.3 Å². The van der Waals surface area contributed by atoms with Gasteiger partial charge in [0.2, 0.25) is 0 Å². The summed E-state index contributed by atoms with van der Waals surface area (Å²) in [5, 5.41) is 32.3. The lowest BCUT2D eigenvalue weighted by Crippen LogP contribution is -2.23. The molecule has 0 saturated heterocycles. The quantitative estimate of drug-likeness (QED) is 0.204. The second-order valence-electron chi connectivity index (χ2n) is 9.89. The molecule has 0 aromatic heterocycles. The van der Waals surface area contributed by atoms with E-state index in [2.05, 4.69) is 21.3 Å². The number of benzene rings is 3. The molecule has 0 unspecified atom stereocenters. The Bertz CT molecular complexity index is 1480. The molecule has 3 aromatic carbocycles. The molecule has 18 nitrogen and oxygen atoms in total. The van der Waals surface area contributed by atoms with Crippen molar-refractivity contribution in [3.05, 3.63) is 80.9 Å². The van der Waals surface area contributed by atoms with E-state index in [9.17, 15) is 34.0 Å². The summed E-state index contributed by atoms with van der Waals surface area (Å²) in [4.78, 5) is 46.6. The van der Waals surface area contributed by atoms with Crippen LogP contribution in [0.4, 0.5) is 43.7 Å². The first-order chi connectivity index (χ1) is 23.5. The van der Waals surface area contributed by atoms with E-state index in [1.54, 1.807) is 12.5 Å². The average Bonchev–Trinajstić information content (AvgIpc) is 3.05. The van der Waals surface area contributed by atoms with Gasteiger partial charge in [-0.15, -0.1) is 0 Å². The van der Waals surface area contributed by atoms with Crippen molar-refractivity contribution in [3.8, 4) is 11.5 Å². The minimum atomic E-state index is -0.725. The molecule has 0 aliphatic carbocycles. The summed E-state index contributed by atoms with van der Waals surface area (Å²) in [7, 11) is -0.611. The van der Waals surface area contributed by atoms with Crippen LogP contribution in [0.5, 0.6) is 11.5 Å². The first-order valence-corrected chi connectivity index (χ1v) is 16.6. The number of fused-ring (bicyclic) bond motifs is 1. The van der Waals surface area contributed by atoms with Crippen molar-refractivity contribution in [2.24, 2.45) is 0 Å². The number of ether oxygens (including phenoxy) is 5. The van der Waals surface area contributed by atoms with E-state index in [1.165, 1.54) is 60.7 Å². The number of nitrogens with zero attached hydrogens (tertiary/aromatic N) is 2. The summed E-state index contributed by atoms with van der Waals surface area (Å²) in [5.41, 5.74) is 0.481. The predicted octanol–water partition coefficient (Wildman–Crippen LogP) is 4.61. The van der Waals surface area contributed by atoms with Gasteiger partial charge in [-0.05, 0) is 24.3 Å². The highest BCUT2D eigenvalue weighted by molar-refractivity contribution is 7.83. The van der Waals surface area contributed by atoms with E-state index >= 15 is 0 Å². The van der Waals surface area contributed by atoms with E-state index in [1.807, 2.05) is 0 Å². The standard InChI is InChI=1S/C28H30N6O11.C2H6OS/c35-27(29-19-1-5-21(6-2-19)33(37)38)31-23-17-25-26(45-16-14-43-12-10-41-9-11-42-13-15-44-25)18-24(23)32-28(36)30-20-3-7-22(8-4-20)34(39)40;1-4(2)3/h1-8,17-18H,9-16H2,(H2,29,31,35)(H2,30,32,36);1-2H3. The highest BCUT2D eigenvalue weighted by atomic mass is 32.2. The van der Waals surface area contributed by atoms with Crippen molar-refractivity contribution in [2.75, 3.05) is 86.6 Å². The Kier molecular flexibility index (Phi) is 15.6. The number of nitro benzene ring substituents is 2. The summed E-state index contributed by atoms with van der Waals surface area (Å²) < 4.78 is 37.7. The van der Waals surface area contributed by atoms with Gasteiger partial charge in [-0.2, -0.15) is 0 Å². The van der Waals surface area contributed by atoms with Crippen LogP contribution >= 0.6 is 0 Å². The Morgan fingerprint density at radius 2 is 0.898 bits per heavy atom. The number of anilines is 4. The summed E-state index contributed by atoms with van der Waals surface area (Å²) in [6.07, 6.45) is 3.28. The maximum Gasteiger partial charge on any atom is 0.323 e. The number of urea groups is 2. The van der Waals surface area contributed by atoms with E-state index in [4.69, 9.17) is 23.7 Å². The second kappa shape index (κ2) is 20.1. The number of nitro groups is 2. The molecule has 19 heteroatoms. The second-order valence-corrected chi connectivity index (χ2v) is 11.4. The molecule has 4 amide bonds. The van der Waals surface area contributed by atoms with E-state index in [0.717, 1.165) is 0 Å². The highest BCUT2D eigenvalue weighted by Crippen LogP contribution is 2.37. The fourth-order valence-corrected chi connectivity index (χ4v) is 3.86. The molecule has 0 bridgehead atoms. The van der Waals surface area contributed by atoms with Crippen LogP contribution in [-0.2, 0) is 25.0 Å². The van der Waals surface area contributed by atoms with E-state index < -0.39 is 32.7 Å². The van der Waals surface area contributed by atoms with Crippen molar-refractivity contribution in [1.82, 2.24) is 0 Å². The van der Waals surface area contributed by atoms with Gasteiger partial charge in [0.1, 0.15) is 13.2 Å². The zero-order chi connectivity index (χ0) is 35.6. The Balaban J connectivity index is 0.00000154. The van der Waals surface area contributed by atoms with Crippen LogP contribution in [0.15, 0.2) is 60.7 Å². The lowest BCUT2D eigenvalue weighted by atomic mass is 10.2. The number of non-ortho nitro benzene ring substituents is 2. The maximum atomic E-state index is 12.9. The first kappa shape index (κ1) is 38.1. The number of hydrogen-bond donors (Lipinski definition) is 4. The van der Waals surface area contributed by atoms with Crippen LogP contribution in [0.1, 0.15) is 0 Å². The molecule has 0 spiro atoms.